The van der Waals surface area contributed by atoms with Gasteiger partial charge in [-0.2, -0.15) is 0 Å². The lowest BCUT2D eigenvalue weighted by atomic mass is 9.94. The SMILES string of the molecule is O=C(NCc1ccco1)N(Cc1ccccc1O)C1CCCCC1. The van der Waals surface area contributed by atoms with Crippen LogP contribution in [0.15, 0.2) is 47.1 Å². The van der Waals surface area contributed by atoms with Crippen molar-refractivity contribution >= 4 is 6.03 Å². The van der Waals surface area contributed by atoms with Gasteiger partial charge in [0.05, 0.1) is 19.4 Å². The number of carbonyl (C=O) groups excluding carboxylic acids is 1. The van der Waals surface area contributed by atoms with Gasteiger partial charge in [0.15, 0.2) is 0 Å². The number of nitrogens with zero attached hydrogens (tertiary/aromatic N) is 1. The summed E-state index contributed by atoms with van der Waals surface area (Å²) >= 11 is 0. The maximum atomic E-state index is 12.7. The van der Waals surface area contributed by atoms with Crippen molar-refractivity contribution in [1.82, 2.24) is 10.2 Å². The highest BCUT2D eigenvalue weighted by molar-refractivity contribution is 5.74. The van der Waals surface area contributed by atoms with Crippen molar-refractivity contribution in [3.63, 3.8) is 0 Å². The predicted molar refractivity (Wildman–Crippen MR) is 91.5 cm³/mol. The van der Waals surface area contributed by atoms with E-state index in [1.165, 1.54) is 6.42 Å². The first-order valence-electron chi connectivity index (χ1n) is 8.58. The molecule has 0 unspecified atom stereocenters. The summed E-state index contributed by atoms with van der Waals surface area (Å²) in [6, 6.07) is 11.0. The molecular formula is C19H24N2O3. The Hall–Kier alpha value is -2.43. The normalized spacial score (nSPS) is 15.2. The molecule has 0 radical (unpaired) electrons. The molecule has 3 rings (SSSR count). The van der Waals surface area contributed by atoms with E-state index in [0.29, 0.717) is 13.1 Å². The Labute approximate surface area is 142 Å². The summed E-state index contributed by atoms with van der Waals surface area (Å²) in [6.45, 7) is 0.789. The Morgan fingerprint density at radius 3 is 2.67 bits per heavy atom. The van der Waals surface area contributed by atoms with Crippen LogP contribution in [0.2, 0.25) is 0 Å². The monoisotopic (exact) mass is 328 g/mol. The first-order chi connectivity index (χ1) is 11.7. The van der Waals surface area contributed by atoms with E-state index in [1.54, 1.807) is 18.4 Å². The minimum Gasteiger partial charge on any atom is -0.508 e. The molecule has 5 heteroatoms. The van der Waals surface area contributed by atoms with Crippen molar-refractivity contribution in [2.24, 2.45) is 0 Å². The van der Waals surface area contributed by atoms with Gasteiger partial charge in [-0.05, 0) is 31.0 Å². The van der Waals surface area contributed by atoms with E-state index in [-0.39, 0.29) is 17.8 Å². The molecule has 0 spiro atoms. The summed E-state index contributed by atoms with van der Waals surface area (Å²) in [4.78, 5) is 14.6. The molecule has 2 amide bonds. The highest BCUT2D eigenvalue weighted by atomic mass is 16.3. The third-order valence-corrected chi connectivity index (χ3v) is 4.60. The van der Waals surface area contributed by atoms with Crippen LogP contribution in [0.1, 0.15) is 43.4 Å². The number of benzene rings is 1. The molecule has 24 heavy (non-hydrogen) atoms. The fraction of sp³-hybridized carbons (Fsp3) is 0.421. The predicted octanol–water partition coefficient (Wildman–Crippen LogP) is 4.03. The quantitative estimate of drug-likeness (QED) is 0.871. The van der Waals surface area contributed by atoms with Crippen LogP contribution < -0.4 is 5.32 Å². The van der Waals surface area contributed by atoms with E-state index in [9.17, 15) is 9.90 Å². The summed E-state index contributed by atoms with van der Waals surface area (Å²) in [5.41, 5.74) is 0.774. The number of hydrogen-bond donors (Lipinski definition) is 2. The van der Waals surface area contributed by atoms with Gasteiger partial charge in [0.2, 0.25) is 0 Å². The van der Waals surface area contributed by atoms with Crippen LogP contribution >= 0.6 is 0 Å². The fourth-order valence-corrected chi connectivity index (χ4v) is 3.26. The van der Waals surface area contributed by atoms with Gasteiger partial charge in [0, 0.05) is 11.6 Å². The van der Waals surface area contributed by atoms with Crippen LogP contribution in [-0.4, -0.2) is 22.1 Å². The van der Waals surface area contributed by atoms with Crippen molar-refractivity contribution in [3.05, 3.63) is 54.0 Å². The van der Waals surface area contributed by atoms with Gasteiger partial charge >= 0.3 is 6.03 Å². The Morgan fingerprint density at radius 1 is 1.17 bits per heavy atom. The van der Waals surface area contributed by atoms with Crippen molar-refractivity contribution in [3.8, 4) is 5.75 Å². The van der Waals surface area contributed by atoms with Crippen molar-refractivity contribution < 1.29 is 14.3 Å². The lowest BCUT2D eigenvalue weighted by Gasteiger charge is -2.34. The summed E-state index contributed by atoms with van der Waals surface area (Å²) in [7, 11) is 0. The number of amides is 2. The zero-order chi connectivity index (χ0) is 16.8. The molecule has 1 saturated carbocycles. The van der Waals surface area contributed by atoms with Crippen molar-refractivity contribution in [2.75, 3.05) is 0 Å². The summed E-state index contributed by atoms with van der Waals surface area (Å²) < 4.78 is 5.27. The number of carbonyl (C=O) groups is 1. The van der Waals surface area contributed by atoms with Crippen LogP contribution in [0.3, 0.4) is 0 Å². The molecule has 1 fully saturated rings. The molecule has 5 nitrogen and oxygen atoms in total. The largest absolute Gasteiger partial charge is 0.508 e. The van der Waals surface area contributed by atoms with Crippen molar-refractivity contribution in [1.29, 1.82) is 0 Å². The van der Waals surface area contributed by atoms with Crippen LogP contribution in [-0.2, 0) is 13.1 Å². The van der Waals surface area contributed by atoms with Crippen molar-refractivity contribution in [2.45, 2.75) is 51.2 Å². The average Bonchev–Trinajstić information content (AvgIpc) is 3.13. The molecule has 1 heterocycles. The van der Waals surface area contributed by atoms with Gasteiger partial charge in [0.25, 0.3) is 0 Å². The van der Waals surface area contributed by atoms with Gasteiger partial charge in [-0.3, -0.25) is 0 Å². The third-order valence-electron chi connectivity index (χ3n) is 4.60. The molecule has 1 aliphatic rings. The lowest BCUT2D eigenvalue weighted by molar-refractivity contribution is 0.149. The number of nitrogens with one attached hydrogen (secondary N) is 1. The first kappa shape index (κ1) is 16.4. The number of aromatic hydroxyl groups is 1. The standard InChI is InChI=1S/C19H24N2O3/c22-18-11-5-4-7-15(18)14-21(16-8-2-1-3-9-16)19(23)20-13-17-10-6-12-24-17/h4-7,10-12,16,22H,1-3,8-9,13-14H2,(H,20,23). The van der Waals surface area contributed by atoms with Crippen LogP contribution in [0.5, 0.6) is 5.75 Å². The molecular weight excluding hydrogens is 304 g/mol. The average molecular weight is 328 g/mol. The van der Waals surface area contributed by atoms with E-state index in [0.717, 1.165) is 37.0 Å². The van der Waals surface area contributed by atoms with E-state index in [4.69, 9.17) is 4.42 Å². The van der Waals surface area contributed by atoms with E-state index in [2.05, 4.69) is 5.32 Å². The van der Waals surface area contributed by atoms with Crippen LogP contribution in [0.4, 0.5) is 4.79 Å². The second-order valence-electron chi connectivity index (χ2n) is 6.29. The second kappa shape index (κ2) is 7.90. The van der Waals surface area contributed by atoms with Crippen LogP contribution in [0, 0.1) is 0 Å². The maximum absolute atomic E-state index is 12.7. The number of hydrogen-bond acceptors (Lipinski definition) is 3. The lowest BCUT2D eigenvalue weighted by Crippen LogP contribution is -2.46. The number of furan rings is 1. The summed E-state index contributed by atoms with van der Waals surface area (Å²) in [6.07, 6.45) is 7.15. The minimum atomic E-state index is -0.110. The Bertz CT molecular complexity index is 648. The molecule has 0 atom stereocenters. The van der Waals surface area contributed by atoms with Gasteiger partial charge in [-0.25, -0.2) is 4.79 Å². The highest BCUT2D eigenvalue weighted by Crippen LogP contribution is 2.26. The van der Waals surface area contributed by atoms with Gasteiger partial charge in [0.1, 0.15) is 11.5 Å². The first-order valence-corrected chi connectivity index (χ1v) is 8.58. The number of urea groups is 1. The smallest absolute Gasteiger partial charge is 0.318 e. The van der Waals surface area contributed by atoms with E-state index < -0.39 is 0 Å². The Balaban J connectivity index is 1.71. The highest BCUT2D eigenvalue weighted by Gasteiger charge is 2.26. The maximum Gasteiger partial charge on any atom is 0.318 e. The third kappa shape index (κ3) is 4.10. The molecule has 2 N–H and O–H groups in total. The molecule has 1 aliphatic carbocycles. The molecule has 0 saturated heterocycles. The minimum absolute atomic E-state index is 0.110. The fourth-order valence-electron chi connectivity index (χ4n) is 3.26. The molecule has 0 aliphatic heterocycles. The van der Waals surface area contributed by atoms with Gasteiger partial charge < -0.3 is 19.7 Å². The molecule has 0 bridgehead atoms. The molecule has 128 valence electrons. The van der Waals surface area contributed by atoms with E-state index in [1.807, 2.05) is 29.2 Å². The Kier molecular flexibility index (Phi) is 5.41. The number of rotatable bonds is 5. The second-order valence-corrected chi connectivity index (χ2v) is 6.29. The zero-order valence-corrected chi connectivity index (χ0v) is 13.8. The summed E-state index contributed by atoms with van der Waals surface area (Å²) in [5, 5.41) is 13.0. The van der Waals surface area contributed by atoms with Gasteiger partial charge in [-0.15, -0.1) is 0 Å². The molecule has 2 aromatic rings. The summed E-state index contributed by atoms with van der Waals surface area (Å²) in [5.74, 6) is 0.964. The molecule has 1 aromatic heterocycles. The van der Waals surface area contributed by atoms with Crippen LogP contribution in [0.25, 0.3) is 0 Å². The number of para-hydroxylation sites is 1. The van der Waals surface area contributed by atoms with E-state index >= 15 is 0 Å². The Morgan fingerprint density at radius 2 is 1.96 bits per heavy atom. The number of phenolic OH excluding ortho intramolecular Hbond substituents is 1. The zero-order valence-electron chi connectivity index (χ0n) is 13.8. The molecule has 1 aromatic carbocycles. The number of phenols is 1. The topological polar surface area (TPSA) is 65.7 Å². The van der Waals surface area contributed by atoms with Gasteiger partial charge in [-0.1, -0.05) is 37.5 Å².